The van der Waals surface area contributed by atoms with Crippen LogP contribution in [-0.4, -0.2) is 79.8 Å². The van der Waals surface area contributed by atoms with Crippen LogP contribution in [0.3, 0.4) is 0 Å². The maximum Gasteiger partial charge on any atom is 0.412 e. The molecular weight excluding hydrogens is 651 g/mol. The highest BCUT2D eigenvalue weighted by molar-refractivity contribution is 7.92. The number of benzene rings is 3. The van der Waals surface area contributed by atoms with Crippen molar-refractivity contribution in [2.75, 3.05) is 49.0 Å². The van der Waals surface area contributed by atoms with Crippen LogP contribution in [0.25, 0.3) is 11.1 Å². The third kappa shape index (κ3) is 12.8. The highest BCUT2D eigenvalue weighted by atomic mass is 32.2. The largest absolute Gasteiger partial charge is 0.508 e. The molecule has 0 aromatic heterocycles. The van der Waals surface area contributed by atoms with Crippen LogP contribution in [0.2, 0.25) is 0 Å². The number of amides is 1. The summed E-state index contributed by atoms with van der Waals surface area (Å²) in [5.41, 5.74) is 1.78. The van der Waals surface area contributed by atoms with Crippen molar-refractivity contribution in [3.05, 3.63) is 72.0 Å². The molecule has 1 saturated heterocycles. The van der Waals surface area contributed by atoms with Gasteiger partial charge < -0.3 is 30.3 Å². The number of unbranched alkanes of at least 4 members (excludes halogenated alkanes) is 6. The fourth-order valence-electron chi connectivity index (χ4n) is 5.93. The number of rotatable bonds is 18. The van der Waals surface area contributed by atoms with E-state index in [1.165, 1.54) is 43.2 Å². The van der Waals surface area contributed by atoms with E-state index in [9.17, 15) is 32.9 Å². The number of phenolic OH excluding ortho intramolecular Hbond substituents is 2. The van der Waals surface area contributed by atoms with Gasteiger partial charge >= 0.3 is 6.09 Å². The Kier molecular flexibility index (Phi) is 14.5. The van der Waals surface area contributed by atoms with E-state index < -0.39 is 28.0 Å². The summed E-state index contributed by atoms with van der Waals surface area (Å²) in [5, 5.41) is 35.7. The second kappa shape index (κ2) is 18.7. The predicted molar refractivity (Wildman–Crippen MR) is 190 cm³/mol. The van der Waals surface area contributed by atoms with Crippen molar-refractivity contribution in [1.82, 2.24) is 10.2 Å². The Hall–Kier alpha value is -3.91. The van der Waals surface area contributed by atoms with Gasteiger partial charge in [0.15, 0.2) is 0 Å². The molecule has 0 spiro atoms. The van der Waals surface area contributed by atoms with E-state index in [2.05, 4.69) is 20.3 Å². The normalized spacial score (nSPS) is 14.8. The number of aliphatic hydroxyl groups excluding tert-OH is 1. The minimum atomic E-state index is -3.54. The lowest BCUT2D eigenvalue weighted by atomic mass is 10.0. The Bertz CT molecular complexity index is 1600. The van der Waals surface area contributed by atoms with Crippen LogP contribution in [0.15, 0.2) is 60.7 Å². The Labute approximate surface area is 288 Å². The van der Waals surface area contributed by atoms with Gasteiger partial charge in [0.1, 0.15) is 23.4 Å². The number of para-hydroxylation sites is 1. The van der Waals surface area contributed by atoms with Crippen molar-refractivity contribution in [3.63, 3.8) is 0 Å². The van der Waals surface area contributed by atoms with Gasteiger partial charge in [-0.1, -0.05) is 62.4 Å². The number of piperidine rings is 1. The van der Waals surface area contributed by atoms with Crippen LogP contribution < -0.4 is 15.4 Å². The lowest BCUT2D eigenvalue weighted by Crippen LogP contribution is -2.38. The van der Waals surface area contributed by atoms with Gasteiger partial charge in [-0.15, -0.1) is 0 Å². The van der Waals surface area contributed by atoms with Crippen molar-refractivity contribution in [2.24, 2.45) is 0 Å². The second-order valence-electron chi connectivity index (χ2n) is 12.6. The molecule has 0 radical (unpaired) electrons. The van der Waals surface area contributed by atoms with E-state index in [1.807, 2.05) is 0 Å². The quantitative estimate of drug-likeness (QED) is 0.0657. The summed E-state index contributed by atoms with van der Waals surface area (Å²) in [6.07, 6.45) is 8.64. The summed E-state index contributed by atoms with van der Waals surface area (Å²) >= 11 is 0. The van der Waals surface area contributed by atoms with Gasteiger partial charge in [-0.3, -0.25) is 10.0 Å². The maximum atomic E-state index is 14.7. The zero-order valence-corrected chi connectivity index (χ0v) is 28.9. The molecule has 6 N–H and O–H groups in total. The molecule has 1 aliphatic heterocycles. The molecule has 0 unspecified atom stereocenters. The Morgan fingerprint density at radius 3 is 2.33 bits per heavy atom. The first kappa shape index (κ1) is 37.9. The topological polar surface area (TPSA) is 160 Å². The van der Waals surface area contributed by atoms with E-state index in [-0.39, 0.29) is 29.0 Å². The van der Waals surface area contributed by atoms with E-state index in [4.69, 9.17) is 4.74 Å². The number of phenols is 2. The zero-order chi connectivity index (χ0) is 35.2. The number of nitrogens with zero attached hydrogens (tertiary/aromatic N) is 1. The number of sulfonamides is 1. The molecule has 13 heteroatoms. The average molecular weight is 701 g/mol. The number of hydrogen-bond donors (Lipinski definition) is 6. The minimum absolute atomic E-state index is 0.0431. The molecule has 268 valence electrons. The van der Waals surface area contributed by atoms with Gasteiger partial charge in [0.2, 0.25) is 10.0 Å². The van der Waals surface area contributed by atoms with Crippen molar-refractivity contribution in [1.29, 1.82) is 0 Å². The van der Waals surface area contributed by atoms with Gasteiger partial charge in [-0.25, -0.2) is 17.6 Å². The Morgan fingerprint density at radius 1 is 0.959 bits per heavy atom. The number of carbonyl (C=O) groups excluding carboxylic acids is 1. The summed E-state index contributed by atoms with van der Waals surface area (Å²) in [4.78, 5) is 15.1. The van der Waals surface area contributed by atoms with E-state index in [1.54, 1.807) is 30.3 Å². The number of carbonyl (C=O) groups is 1. The molecule has 0 bridgehead atoms. The molecular formula is C36H49FN4O7S. The number of likely N-dealkylation sites (tertiary alicyclic amines) is 1. The number of aliphatic hydroxyl groups is 1. The first-order valence-corrected chi connectivity index (χ1v) is 18.8. The molecule has 1 heterocycles. The molecule has 0 saturated carbocycles. The predicted octanol–water partition coefficient (Wildman–Crippen LogP) is 6.34. The second-order valence-corrected chi connectivity index (χ2v) is 14.4. The van der Waals surface area contributed by atoms with Crippen LogP contribution in [0, 0.1) is 5.82 Å². The molecule has 3 aromatic rings. The van der Waals surface area contributed by atoms with Crippen LogP contribution >= 0.6 is 0 Å². The van der Waals surface area contributed by atoms with Crippen molar-refractivity contribution in [2.45, 2.75) is 70.0 Å². The fraction of sp³-hybridized carbons (Fsp3) is 0.472. The molecule has 1 amide bonds. The van der Waals surface area contributed by atoms with Crippen LogP contribution in [0.5, 0.6) is 11.5 Å². The fourth-order valence-corrected chi connectivity index (χ4v) is 6.50. The average Bonchev–Trinajstić information content (AvgIpc) is 3.06. The van der Waals surface area contributed by atoms with Crippen molar-refractivity contribution in [3.8, 4) is 22.6 Å². The van der Waals surface area contributed by atoms with Gasteiger partial charge in [0, 0.05) is 25.2 Å². The molecule has 0 aliphatic carbocycles. The monoisotopic (exact) mass is 700 g/mol. The first-order chi connectivity index (χ1) is 23.5. The molecule has 1 aliphatic rings. The highest BCUT2D eigenvalue weighted by Gasteiger charge is 2.23. The molecule has 1 atom stereocenters. The van der Waals surface area contributed by atoms with Gasteiger partial charge in [0.25, 0.3) is 0 Å². The third-order valence-corrected chi connectivity index (χ3v) is 9.18. The number of aromatic hydroxyl groups is 2. The van der Waals surface area contributed by atoms with Crippen molar-refractivity contribution < 1.29 is 37.7 Å². The zero-order valence-electron chi connectivity index (χ0n) is 28.0. The molecule has 4 rings (SSSR count). The highest BCUT2D eigenvalue weighted by Crippen LogP contribution is 2.32. The number of hydrogen-bond acceptors (Lipinski definition) is 9. The maximum absolute atomic E-state index is 14.7. The Morgan fingerprint density at radius 2 is 1.63 bits per heavy atom. The van der Waals surface area contributed by atoms with E-state index in [0.29, 0.717) is 23.2 Å². The standard InChI is InChI=1S/C36H49FN4O7S/c1-49(46,47)40-32-24-27(14-17-33(32)43)34(44)25-38-20-7-5-3-2-4-6-8-21-41-22-18-29(19-23-41)48-36(45)39-35-30(10-9-11-31(35)37)26-12-15-28(42)16-13-26/h9-17,24,29,34,38,40,42-44H,2-8,18-23,25H2,1H3,(H,39,45)/t34-/m0/s1. The van der Waals surface area contributed by atoms with E-state index >= 15 is 0 Å². The van der Waals surface area contributed by atoms with Crippen LogP contribution in [0.1, 0.15) is 69.5 Å². The van der Waals surface area contributed by atoms with E-state index in [0.717, 1.165) is 77.4 Å². The number of anilines is 2. The third-order valence-electron chi connectivity index (χ3n) is 8.59. The molecule has 11 nitrogen and oxygen atoms in total. The summed E-state index contributed by atoms with van der Waals surface area (Å²) in [6.45, 7) is 3.82. The van der Waals surface area contributed by atoms with Crippen LogP contribution in [0.4, 0.5) is 20.6 Å². The van der Waals surface area contributed by atoms with Gasteiger partial charge in [-0.05, 0) is 80.2 Å². The number of halogens is 1. The summed E-state index contributed by atoms with van der Waals surface area (Å²) in [7, 11) is -3.54. The van der Waals surface area contributed by atoms with Gasteiger partial charge in [-0.2, -0.15) is 0 Å². The number of nitrogens with one attached hydrogen (secondary N) is 3. The van der Waals surface area contributed by atoms with Gasteiger partial charge in [0.05, 0.1) is 23.7 Å². The summed E-state index contributed by atoms with van der Waals surface area (Å²) in [6, 6.07) is 15.3. The first-order valence-electron chi connectivity index (χ1n) is 17.0. The summed E-state index contributed by atoms with van der Waals surface area (Å²) < 4.78 is 45.5. The summed E-state index contributed by atoms with van der Waals surface area (Å²) in [5.74, 6) is -0.653. The Balaban J connectivity index is 1.02. The lowest BCUT2D eigenvalue weighted by molar-refractivity contribution is 0.0584. The lowest BCUT2D eigenvalue weighted by Gasteiger charge is -2.31. The molecule has 3 aromatic carbocycles. The molecule has 49 heavy (non-hydrogen) atoms. The van der Waals surface area contributed by atoms with Crippen LogP contribution in [-0.2, 0) is 14.8 Å². The SMILES string of the molecule is CS(=O)(=O)Nc1cc([C@@H](O)CNCCCCCCCCCN2CCC(OC(=O)Nc3c(F)cccc3-c3ccc(O)cc3)CC2)ccc1O. The smallest absolute Gasteiger partial charge is 0.412 e. The molecule has 1 fully saturated rings. The van der Waals surface area contributed by atoms with Crippen molar-refractivity contribution >= 4 is 27.5 Å². The minimum Gasteiger partial charge on any atom is -0.508 e. The number of ether oxygens (including phenoxy) is 1.